The van der Waals surface area contributed by atoms with Gasteiger partial charge in [-0.3, -0.25) is 5.43 Å². The predicted octanol–water partition coefficient (Wildman–Crippen LogP) is -0.406. The lowest BCUT2D eigenvalue weighted by Gasteiger charge is -2.51. The van der Waals surface area contributed by atoms with Gasteiger partial charge < -0.3 is 4.74 Å². The zero-order valence-corrected chi connectivity index (χ0v) is 5.63. The number of rotatable bonds is 1. The zero-order valence-electron chi connectivity index (χ0n) is 5.63. The van der Waals surface area contributed by atoms with Crippen molar-refractivity contribution < 1.29 is 4.74 Å². The van der Waals surface area contributed by atoms with Crippen LogP contribution in [-0.2, 0) is 4.74 Å². The summed E-state index contributed by atoms with van der Waals surface area (Å²) in [4.78, 5) is 0. The molecule has 0 aliphatic carbocycles. The molecule has 0 saturated carbocycles. The molecule has 2 bridgehead atoms. The Kier molecular flexibility index (Phi) is 1.22. The number of morpholine rings is 1. The van der Waals surface area contributed by atoms with E-state index in [9.17, 15) is 0 Å². The maximum atomic E-state index is 5.28. The third-order valence-electron chi connectivity index (χ3n) is 2.21. The van der Waals surface area contributed by atoms with Crippen molar-refractivity contribution in [3.63, 3.8) is 0 Å². The van der Waals surface area contributed by atoms with Crippen LogP contribution < -0.4 is 5.43 Å². The van der Waals surface area contributed by atoms with E-state index in [0.29, 0.717) is 12.1 Å². The molecule has 3 fully saturated rings. The Hall–Kier alpha value is -0.120. The molecule has 3 aliphatic rings. The van der Waals surface area contributed by atoms with Gasteiger partial charge >= 0.3 is 0 Å². The van der Waals surface area contributed by atoms with Crippen LogP contribution in [0, 0.1) is 0 Å². The van der Waals surface area contributed by atoms with Crippen molar-refractivity contribution in [1.82, 2.24) is 10.4 Å². The fourth-order valence-electron chi connectivity index (χ4n) is 1.70. The molecular formula is C6H12N2O. The Morgan fingerprint density at radius 2 is 2.11 bits per heavy atom. The summed E-state index contributed by atoms with van der Waals surface area (Å²) in [7, 11) is 1.98. The van der Waals surface area contributed by atoms with E-state index in [1.165, 1.54) is 6.42 Å². The number of nitrogens with zero attached hydrogens (tertiary/aromatic N) is 1. The topological polar surface area (TPSA) is 24.5 Å². The molecule has 3 nitrogen and oxygen atoms in total. The summed E-state index contributed by atoms with van der Waals surface area (Å²) in [6.07, 6.45) is 1.32. The second-order valence-electron chi connectivity index (χ2n) is 2.71. The van der Waals surface area contributed by atoms with Crippen LogP contribution in [0.2, 0.25) is 0 Å². The molecular weight excluding hydrogens is 116 g/mol. The van der Waals surface area contributed by atoms with Crippen LogP contribution in [0.3, 0.4) is 0 Å². The molecule has 0 aromatic rings. The van der Waals surface area contributed by atoms with Crippen molar-refractivity contribution in [2.45, 2.75) is 18.5 Å². The lowest BCUT2D eigenvalue weighted by molar-refractivity contribution is -0.149. The van der Waals surface area contributed by atoms with Crippen LogP contribution >= 0.6 is 0 Å². The molecule has 3 heterocycles. The van der Waals surface area contributed by atoms with Crippen molar-refractivity contribution in [3.05, 3.63) is 0 Å². The van der Waals surface area contributed by atoms with Crippen molar-refractivity contribution in [3.8, 4) is 0 Å². The van der Waals surface area contributed by atoms with Gasteiger partial charge in [0, 0.05) is 12.1 Å². The van der Waals surface area contributed by atoms with E-state index in [2.05, 4.69) is 10.4 Å². The minimum atomic E-state index is 0.661. The second-order valence-corrected chi connectivity index (χ2v) is 2.71. The van der Waals surface area contributed by atoms with Gasteiger partial charge in [0.1, 0.15) is 0 Å². The highest BCUT2D eigenvalue weighted by atomic mass is 16.5. The number of ether oxygens (including phenoxy) is 1. The predicted molar refractivity (Wildman–Crippen MR) is 33.9 cm³/mol. The van der Waals surface area contributed by atoms with Crippen LogP contribution in [0.25, 0.3) is 0 Å². The summed E-state index contributed by atoms with van der Waals surface area (Å²) in [6.45, 7) is 1.83. The van der Waals surface area contributed by atoms with Crippen LogP contribution in [0.5, 0.6) is 0 Å². The molecule has 0 aromatic carbocycles. The van der Waals surface area contributed by atoms with Gasteiger partial charge in [0.05, 0.1) is 13.2 Å². The van der Waals surface area contributed by atoms with E-state index >= 15 is 0 Å². The Labute approximate surface area is 54.9 Å². The molecule has 0 aromatic heterocycles. The number of hydrogen-bond acceptors (Lipinski definition) is 3. The standard InChI is InChI=1S/C6H12N2O/c1-7-8-5-2-6(8)4-9-3-5/h5-7H,2-4H2,1H3. The Bertz CT molecular complexity index is 104. The van der Waals surface area contributed by atoms with E-state index in [1.807, 2.05) is 7.05 Å². The Morgan fingerprint density at radius 1 is 1.44 bits per heavy atom. The van der Waals surface area contributed by atoms with Gasteiger partial charge in [0.15, 0.2) is 0 Å². The maximum absolute atomic E-state index is 5.28. The number of fused-ring (bicyclic) bond motifs is 2. The SMILES string of the molecule is CNN1C2COCC1C2. The maximum Gasteiger partial charge on any atom is 0.0637 e. The fourth-order valence-corrected chi connectivity index (χ4v) is 1.70. The molecule has 3 aliphatic heterocycles. The number of nitrogens with one attached hydrogen (secondary N) is 1. The van der Waals surface area contributed by atoms with E-state index in [1.54, 1.807) is 0 Å². The molecule has 2 unspecified atom stereocenters. The lowest BCUT2D eigenvalue weighted by atomic mass is 9.94. The van der Waals surface area contributed by atoms with Crippen LogP contribution in [0.15, 0.2) is 0 Å². The third kappa shape index (κ3) is 0.689. The van der Waals surface area contributed by atoms with Crippen molar-refractivity contribution >= 4 is 0 Å². The summed E-state index contributed by atoms with van der Waals surface area (Å²) >= 11 is 0. The summed E-state index contributed by atoms with van der Waals surface area (Å²) < 4.78 is 5.28. The minimum absolute atomic E-state index is 0.661. The molecule has 52 valence electrons. The summed E-state index contributed by atoms with van der Waals surface area (Å²) in [5.41, 5.74) is 3.16. The van der Waals surface area contributed by atoms with Gasteiger partial charge in [0.25, 0.3) is 0 Å². The first-order valence-electron chi connectivity index (χ1n) is 3.45. The van der Waals surface area contributed by atoms with Gasteiger partial charge in [-0.05, 0) is 13.5 Å². The first-order valence-corrected chi connectivity index (χ1v) is 3.45. The smallest absolute Gasteiger partial charge is 0.0637 e. The van der Waals surface area contributed by atoms with Gasteiger partial charge in [-0.2, -0.15) is 0 Å². The van der Waals surface area contributed by atoms with Gasteiger partial charge in [-0.1, -0.05) is 0 Å². The minimum Gasteiger partial charge on any atom is -0.378 e. The first-order chi connectivity index (χ1) is 4.42. The normalized spacial score (nSPS) is 42.3. The van der Waals surface area contributed by atoms with Crippen molar-refractivity contribution in [2.24, 2.45) is 0 Å². The first kappa shape index (κ1) is 5.65. The van der Waals surface area contributed by atoms with Gasteiger partial charge in [-0.25, -0.2) is 5.01 Å². The van der Waals surface area contributed by atoms with E-state index in [4.69, 9.17) is 4.74 Å². The van der Waals surface area contributed by atoms with E-state index in [-0.39, 0.29) is 0 Å². The number of hydrazine groups is 1. The highest BCUT2D eigenvalue weighted by Gasteiger charge is 2.41. The monoisotopic (exact) mass is 128 g/mol. The molecule has 2 atom stereocenters. The molecule has 3 heteroatoms. The Morgan fingerprint density at radius 3 is 2.44 bits per heavy atom. The van der Waals surface area contributed by atoms with E-state index < -0.39 is 0 Å². The average molecular weight is 128 g/mol. The average Bonchev–Trinajstić information content (AvgIpc) is 1.90. The third-order valence-corrected chi connectivity index (χ3v) is 2.21. The summed E-state index contributed by atoms with van der Waals surface area (Å²) in [5, 5.41) is 2.28. The lowest BCUT2D eigenvalue weighted by Crippen LogP contribution is -2.67. The van der Waals surface area contributed by atoms with Gasteiger partial charge in [-0.15, -0.1) is 0 Å². The highest BCUT2D eigenvalue weighted by Crippen LogP contribution is 2.27. The Balaban J connectivity index is 1.97. The molecule has 0 radical (unpaired) electrons. The quantitative estimate of drug-likeness (QED) is 0.519. The van der Waals surface area contributed by atoms with Crippen molar-refractivity contribution in [2.75, 3.05) is 20.3 Å². The highest BCUT2D eigenvalue weighted by molar-refractivity contribution is 4.93. The fraction of sp³-hybridized carbons (Fsp3) is 1.00. The van der Waals surface area contributed by atoms with Crippen molar-refractivity contribution in [1.29, 1.82) is 0 Å². The molecule has 0 amide bonds. The van der Waals surface area contributed by atoms with Crippen LogP contribution in [0.1, 0.15) is 6.42 Å². The molecule has 3 saturated heterocycles. The molecule has 9 heavy (non-hydrogen) atoms. The number of hydrogen-bond donors (Lipinski definition) is 1. The zero-order chi connectivity index (χ0) is 6.27. The summed E-state index contributed by atoms with van der Waals surface area (Å²) in [6, 6.07) is 1.32. The van der Waals surface area contributed by atoms with E-state index in [0.717, 1.165) is 13.2 Å². The molecule has 1 N–H and O–H groups in total. The van der Waals surface area contributed by atoms with Crippen LogP contribution in [0.4, 0.5) is 0 Å². The molecule has 3 rings (SSSR count). The largest absolute Gasteiger partial charge is 0.378 e. The molecule has 0 spiro atoms. The second kappa shape index (κ2) is 1.94. The van der Waals surface area contributed by atoms with Gasteiger partial charge in [0.2, 0.25) is 0 Å². The van der Waals surface area contributed by atoms with Crippen LogP contribution in [-0.4, -0.2) is 37.4 Å². The summed E-state index contributed by atoms with van der Waals surface area (Å²) in [5.74, 6) is 0.